The Labute approximate surface area is 187 Å². The number of pyridine rings is 1. The van der Waals surface area contributed by atoms with E-state index < -0.39 is 9.92 Å². The molecule has 1 aromatic heterocycles. The number of benzene rings is 2. The maximum atomic E-state index is 12.9. The molecule has 1 saturated heterocycles. The molecule has 2 unspecified atom stereocenters. The molecule has 9 heteroatoms. The highest BCUT2D eigenvalue weighted by Crippen LogP contribution is 2.31. The van der Waals surface area contributed by atoms with Crippen molar-refractivity contribution in [2.24, 2.45) is 0 Å². The van der Waals surface area contributed by atoms with Gasteiger partial charge in [-0.15, -0.1) is 0 Å². The molecule has 0 spiro atoms. The minimum atomic E-state index is -3.20. The van der Waals surface area contributed by atoms with Crippen LogP contribution in [0.5, 0.6) is 17.2 Å². The second kappa shape index (κ2) is 9.13. The number of methoxy groups -OCH3 is 1. The Morgan fingerprint density at radius 3 is 2.69 bits per heavy atom. The summed E-state index contributed by atoms with van der Waals surface area (Å²) in [5.74, 6) is 1.93. The Kier molecular flexibility index (Phi) is 6.29. The van der Waals surface area contributed by atoms with Crippen molar-refractivity contribution in [2.45, 2.75) is 30.7 Å². The highest BCUT2D eigenvalue weighted by molar-refractivity contribution is 7.90. The molecule has 0 saturated carbocycles. The minimum absolute atomic E-state index is 0.00867. The van der Waals surface area contributed by atoms with Gasteiger partial charge in [-0.2, -0.15) is 0 Å². The number of rotatable bonds is 7. The Morgan fingerprint density at radius 1 is 1.22 bits per heavy atom. The lowest BCUT2D eigenvalue weighted by Gasteiger charge is -2.24. The van der Waals surface area contributed by atoms with E-state index in [-0.39, 0.29) is 11.9 Å². The number of nitrogens with one attached hydrogen (secondary N) is 2. The molecule has 0 radical (unpaired) electrons. The van der Waals surface area contributed by atoms with Crippen LogP contribution in [0.2, 0.25) is 0 Å². The molecule has 1 fully saturated rings. The summed E-state index contributed by atoms with van der Waals surface area (Å²) in [5, 5.41) is 0.843. The van der Waals surface area contributed by atoms with E-state index in [0.29, 0.717) is 35.2 Å². The zero-order valence-electron chi connectivity index (χ0n) is 18.0. The van der Waals surface area contributed by atoms with Crippen molar-refractivity contribution in [3.63, 3.8) is 0 Å². The predicted molar refractivity (Wildman–Crippen MR) is 122 cm³/mol. The number of hydrogen-bond donors (Lipinski definition) is 2. The molecule has 4 rings (SSSR count). The van der Waals surface area contributed by atoms with Gasteiger partial charge in [0.2, 0.25) is 5.91 Å². The van der Waals surface area contributed by atoms with Gasteiger partial charge in [-0.1, -0.05) is 0 Å². The van der Waals surface area contributed by atoms with Crippen molar-refractivity contribution in [2.75, 3.05) is 20.2 Å². The summed E-state index contributed by atoms with van der Waals surface area (Å²) in [6.45, 7) is 2.58. The van der Waals surface area contributed by atoms with Crippen LogP contribution in [0.4, 0.5) is 0 Å². The fourth-order valence-electron chi connectivity index (χ4n) is 3.90. The van der Waals surface area contributed by atoms with Gasteiger partial charge in [0.25, 0.3) is 0 Å². The van der Waals surface area contributed by atoms with E-state index in [2.05, 4.69) is 9.71 Å². The molecule has 168 valence electrons. The van der Waals surface area contributed by atoms with E-state index in [1.807, 2.05) is 18.2 Å². The second-order valence-corrected chi connectivity index (χ2v) is 9.55. The first-order valence-corrected chi connectivity index (χ1v) is 11.9. The van der Waals surface area contributed by atoms with E-state index in [1.54, 1.807) is 48.5 Å². The van der Waals surface area contributed by atoms with Gasteiger partial charge in [0.1, 0.15) is 27.2 Å². The van der Waals surface area contributed by atoms with Crippen molar-refractivity contribution in [3.05, 3.63) is 54.7 Å². The van der Waals surface area contributed by atoms with E-state index in [9.17, 15) is 9.00 Å². The highest BCUT2D eigenvalue weighted by Gasteiger charge is 2.27. The van der Waals surface area contributed by atoms with E-state index in [1.165, 1.54) is 6.92 Å². The minimum Gasteiger partial charge on any atom is -0.497 e. The SMILES string of the molecule is COc1ccc2c(Oc3ccc(S(=N)(=O)NCC4CCCN4C(C)=O)cc3)ccnc2c1. The molecular formula is C23H26N4O4S. The topological polar surface area (TPSA) is 105 Å². The molecule has 2 aromatic carbocycles. The summed E-state index contributed by atoms with van der Waals surface area (Å²) in [4.78, 5) is 18.2. The Bertz CT molecular complexity index is 1230. The zero-order chi connectivity index (χ0) is 22.7. The molecule has 3 aromatic rings. The third kappa shape index (κ3) is 4.68. The predicted octanol–water partition coefficient (Wildman–Crippen LogP) is 3.96. The average Bonchev–Trinajstić information content (AvgIpc) is 3.27. The van der Waals surface area contributed by atoms with Gasteiger partial charge < -0.3 is 14.4 Å². The maximum absolute atomic E-state index is 12.9. The monoisotopic (exact) mass is 454 g/mol. The van der Waals surface area contributed by atoms with Gasteiger partial charge in [0.15, 0.2) is 0 Å². The zero-order valence-corrected chi connectivity index (χ0v) is 18.9. The van der Waals surface area contributed by atoms with Crippen LogP contribution in [0, 0.1) is 4.78 Å². The van der Waals surface area contributed by atoms with Gasteiger partial charge in [-0.25, -0.2) is 13.7 Å². The number of ether oxygens (including phenoxy) is 2. The lowest BCUT2D eigenvalue weighted by Crippen LogP contribution is -2.41. The van der Waals surface area contributed by atoms with Crippen molar-refractivity contribution >= 4 is 26.7 Å². The maximum Gasteiger partial charge on any atom is 0.219 e. The second-order valence-electron chi connectivity index (χ2n) is 7.68. The molecule has 2 N–H and O–H groups in total. The van der Waals surface area contributed by atoms with Gasteiger partial charge in [-0.3, -0.25) is 9.78 Å². The Balaban J connectivity index is 1.46. The van der Waals surface area contributed by atoms with Crippen LogP contribution in [0.3, 0.4) is 0 Å². The summed E-state index contributed by atoms with van der Waals surface area (Å²) in [6.07, 6.45) is 3.44. The molecule has 1 amide bonds. The van der Waals surface area contributed by atoms with E-state index in [0.717, 1.165) is 23.7 Å². The van der Waals surface area contributed by atoms with Crippen LogP contribution in [-0.2, 0) is 14.7 Å². The van der Waals surface area contributed by atoms with Crippen LogP contribution in [0.25, 0.3) is 10.9 Å². The normalized spacial score (nSPS) is 17.8. The van der Waals surface area contributed by atoms with Crippen molar-refractivity contribution < 1.29 is 18.5 Å². The molecule has 0 aliphatic carbocycles. The Morgan fingerprint density at radius 2 is 1.97 bits per heavy atom. The lowest BCUT2D eigenvalue weighted by atomic mass is 10.2. The molecular weight excluding hydrogens is 428 g/mol. The van der Waals surface area contributed by atoms with Gasteiger partial charge in [-0.05, 0) is 55.3 Å². The summed E-state index contributed by atoms with van der Waals surface area (Å²) in [5.41, 5.74) is 0.753. The molecule has 1 aliphatic rings. The van der Waals surface area contributed by atoms with Crippen LogP contribution < -0.4 is 14.2 Å². The fraction of sp³-hybridized carbons (Fsp3) is 0.304. The lowest BCUT2D eigenvalue weighted by molar-refractivity contribution is -0.129. The van der Waals surface area contributed by atoms with Crippen LogP contribution in [0.15, 0.2) is 59.6 Å². The van der Waals surface area contributed by atoms with Crippen molar-refractivity contribution in [1.29, 1.82) is 4.78 Å². The number of nitrogens with zero attached hydrogens (tertiary/aromatic N) is 2. The van der Waals surface area contributed by atoms with Gasteiger partial charge >= 0.3 is 0 Å². The Hall–Kier alpha value is -3.17. The first-order chi connectivity index (χ1) is 15.4. The third-order valence-corrected chi connectivity index (χ3v) is 7.11. The number of fused-ring (bicyclic) bond motifs is 1. The number of carbonyl (C=O) groups excluding carboxylic acids is 1. The molecule has 32 heavy (non-hydrogen) atoms. The molecule has 0 bridgehead atoms. The fourth-order valence-corrected chi connectivity index (χ4v) is 5.02. The van der Waals surface area contributed by atoms with Crippen LogP contribution >= 0.6 is 0 Å². The summed E-state index contributed by atoms with van der Waals surface area (Å²) >= 11 is 0. The summed E-state index contributed by atoms with van der Waals surface area (Å²) in [6, 6.07) is 14.0. The number of carbonyl (C=O) groups is 1. The van der Waals surface area contributed by atoms with E-state index >= 15 is 0 Å². The van der Waals surface area contributed by atoms with Gasteiger partial charge in [0.05, 0.1) is 17.5 Å². The largest absolute Gasteiger partial charge is 0.497 e. The van der Waals surface area contributed by atoms with Crippen molar-refractivity contribution in [1.82, 2.24) is 14.6 Å². The van der Waals surface area contributed by atoms with Crippen molar-refractivity contribution in [3.8, 4) is 17.2 Å². The smallest absolute Gasteiger partial charge is 0.219 e. The number of likely N-dealkylation sites (tertiary alicyclic amines) is 1. The first kappa shape index (κ1) is 22.0. The quantitative estimate of drug-likeness (QED) is 0.562. The first-order valence-electron chi connectivity index (χ1n) is 10.4. The molecule has 8 nitrogen and oxygen atoms in total. The van der Waals surface area contributed by atoms with E-state index in [4.69, 9.17) is 14.3 Å². The highest BCUT2D eigenvalue weighted by atomic mass is 32.2. The molecule has 2 atom stereocenters. The summed E-state index contributed by atoms with van der Waals surface area (Å²) < 4.78 is 35.3. The van der Waals surface area contributed by atoms with Gasteiger partial charge in [0, 0.05) is 43.7 Å². The number of aromatic nitrogens is 1. The third-order valence-electron chi connectivity index (χ3n) is 5.60. The number of hydrogen-bond acceptors (Lipinski definition) is 6. The molecule has 1 aliphatic heterocycles. The number of amides is 1. The average molecular weight is 455 g/mol. The van der Waals surface area contributed by atoms with Crippen LogP contribution in [0.1, 0.15) is 19.8 Å². The standard InChI is InChI=1S/C23H26N4O4S/c1-16(28)27-13-3-4-17(27)15-26-32(24,29)20-8-5-18(6-9-20)31-23-11-12-25-22-14-19(30-2)7-10-21(22)23/h5-12,14,17H,3-4,13,15H2,1-2H3,(H2,24,26,29). The summed E-state index contributed by atoms with van der Waals surface area (Å²) in [7, 11) is -1.59. The van der Waals surface area contributed by atoms with Crippen LogP contribution in [-0.4, -0.2) is 46.2 Å². The molecule has 2 heterocycles.